The van der Waals surface area contributed by atoms with E-state index in [4.69, 9.17) is 25.6 Å². The minimum atomic E-state index is -0.140. The van der Waals surface area contributed by atoms with E-state index in [-0.39, 0.29) is 18.4 Å². The molecule has 1 aliphatic rings. The number of nitrogens with zero attached hydrogens (tertiary/aromatic N) is 7. The highest BCUT2D eigenvalue weighted by Crippen LogP contribution is 2.32. The van der Waals surface area contributed by atoms with Crippen LogP contribution in [0.15, 0.2) is 59.6 Å². The first-order chi connectivity index (χ1) is 23.3. The number of methoxy groups -OCH3 is 1. The second kappa shape index (κ2) is 14.9. The zero-order valence-electron chi connectivity index (χ0n) is 27.5. The fraction of sp³-hybridized carbons (Fsp3) is 0.400. The first-order valence-electron chi connectivity index (χ1n) is 16.3. The summed E-state index contributed by atoms with van der Waals surface area (Å²) in [5.74, 6) is 2.60. The van der Waals surface area contributed by atoms with Gasteiger partial charge in [0.15, 0.2) is 11.5 Å². The Labute approximate surface area is 284 Å². The van der Waals surface area contributed by atoms with Crippen molar-refractivity contribution in [3.05, 3.63) is 82.9 Å². The molecule has 0 aliphatic carbocycles. The zero-order chi connectivity index (χ0) is 33.6. The molecule has 13 heteroatoms. The van der Waals surface area contributed by atoms with Gasteiger partial charge in [-0.15, -0.1) is 0 Å². The fourth-order valence-electron chi connectivity index (χ4n) is 6.14. The highest BCUT2D eigenvalue weighted by atomic mass is 35.5. The van der Waals surface area contributed by atoms with E-state index in [1.165, 1.54) is 0 Å². The molecule has 252 valence electrons. The van der Waals surface area contributed by atoms with Crippen molar-refractivity contribution in [1.82, 2.24) is 33.9 Å². The zero-order valence-corrected chi connectivity index (χ0v) is 28.3. The van der Waals surface area contributed by atoms with Crippen LogP contribution in [0.5, 0.6) is 11.5 Å². The Hall–Kier alpha value is -4.84. The number of hydrogen-bond donors (Lipinski definition) is 0. The summed E-state index contributed by atoms with van der Waals surface area (Å²) in [5, 5.41) is 4.60. The SMILES string of the molecule is COc1ccc2cc1OCCN(C(=O)CCc1c(C)noc1C)CCCCN(C(=O)c1cn3cc(Cl)ccc3n1)CCCn1ccnc1-2. The van der Waals surface area contributed by atoms with Crippen LogP contribution >= 0.6 is 11.6 Å². The van der Waals surface area contributed by atoms with E-state index in [1.807, 2.05) is 48.0 Å². The second-order valence-electron chi connectivity index (χ2n) is 11.9. The highest BCUT2D eigenvalue weighted by molar-refractivity contribution is 6.30. The number of amides is 2. The van der Waals surface area contributed by atoms with Crippen LogP contribution in [0.25, 0.3) is 17.0 Å². The van der Waals surface area contributed by atoms with Crippen LogP contribution < -0.4 is 9.47 Å². The van der Waals surface area contributed by atoms with Gasteiger partial charge in [-0.25, -0.2) is 9.97 Å². The van der Waals surface area contributed by atoms with Gasteiger partial charge in [-0.05, 0) is 69.9 Å². The molecule has 0 saturated carbocycles. The molecule has 12 nitrogen and oxygen atoms in total. The number of aryl methyl sites for hydroxylation is 3. The number of pyridine rings is 1. The van der Waals surface area contributed by atoms with E-state index in [0.717, 1.165) is 28.4 Å². The average molecular weight is 674 g/mol. The van der Waals surface area contributed by atoms with E-state index in [1.54, 1.807) is 42.2 Å². The number of rotatable bonds is 5. The van der Waals surface area contributed by atoms with Crippen molar-refractivity contribution >= 4 is 29.1 Å². The second-order valence-corrected chi connectivity index (χ2v) is 12.4. The van der Waals surface area contributed by atoms with Crippen LogP contribution in [-0.4, -0.2) is 85.6 Å². The number of imidazole rings is 2. The predicted octanol–water partition coefficient (Wildman–Crippen LogP) is 5.63. The summed E-state index contributed by atoms with van der Waals surface area (Å²) >= 11 is 6.18. The van der Waals surface area contributed by atoms with Gasteiger partial charge in [-0.3, -0.25) is 9.59 Å². The smallest absolute Gasteiger partial charge is 0.274 e. The summed E-state index contributed by atoms with van der Waals surface area (Å²) < 4.78 is 21.0. The maximum absolute atomic E-state index is 13.8. The number of aromatic nitrogens is 5. The molecule has 2 amide bonds. The first kappa shape index (κ1) is 33.1. The number of hydrogen-bond acceptors (Lipinski definition) is 8. The lowest BCUT2D eigenvalue weighted by Gasteiger charge is -2.25. The van der Waals surface area contributed by atoms with Gasteiger partial charge in [0, 0.05) is 68.5 Å². The van der Waals surface area contributed by atoms with Crippen LogP contribution in [0.4, 0.5) is 0 Å². The van der Waals surface area contributed by atoms with Crippen LogP contribution in [0.2, 0.25) is 5.02 Å². The normalized spacial score (nSPS) is 14.8. The summed E-state index contributed by atoms with van der Waals surface area (Å²) in [6, 6.07) is 9.29. The van der Waals surface area contributed by atoms with Gasteiger partial charge >= 0.3 is 0 Å². The molecule has 5 heterocycles. The van der Waals surface area contributed by atoms with Crippen LogP contribution in [-0.2, 0) is 17.8 Å². The van der Waals surface area contributed by atoms with E-state index in [0.29, 0.717) is 92.7 Å². The molecule has 1 aromatic carbocycles. The summed E-state index contributed by atoms with van der Waals surface area (Å²) in [6.07, 6.45) is 10.2. The number of carbonyl (C=O) groups excluding carboxylic acids is 2. The molecule has 0 N–H and O–H groups in total. The maximum Gasteiger partial charge on any atom is 0.274 e. The van der Waals surface area contributed by atoms with E-state index in [9.17, 15) is 9.59 Å². The van der Waals surface area contributed by atoms with E-state index < -0.39 is 0 Å². The lowest BCUT2D eigenvalue weighted by molar-refractivity contribution is -0.131. The quantitative estimate of drug-likeness (QED) is 0.235. The van der Waals surface area contributed by atoms with Gasteiger partial charge < -0.3 is 32.8 Å². The predicted molar refractivity (Wildman–Crippen MR) is 181 cm³/mol. The third kappa shape index (κ3) is 7.49. The van der Waals surface area contributed by atoms with Gasteiger partial charge in [-0.1, -0.05) is 16.8 Å². The summed E-state index contributed by atoms with van der Waals surface area (Å²) in [7, 11) is 1.61. The van der Waals surface area contributed by atoms with Gasteiger partial charge in [-0.2, -0.15) is 0 Å². The van der Waals surface area contributed by atoms with Gasteiger partial charge in [0.2, 0.25) is 5.91 Å². The Morgan fingerprint density at radius 2 is 1.79 bits per heavy atom. The molecule has 5 aromatic rings. The van der Waals surface area contributed by atoms with Crippen molar-refractivity contribution in [2.45, 2.75) is 52.5 Å². The van der Waals surface area contributed by atoms with E-state index in [2.05, 4.69) is 19.7 Å². The number of benzene rings is 1. The molecule has 0 radical (unpaired) electrons. The summed E-state index contributed by atoms with van der Waals surface area (Å²) in [4.78, 5) is 40.3. The Bertz CT molecular complexity index is 1880. The minimum Gasteiger partial charge on any atom is -0.493 e. The summed E-state index contributed by atoms with van der Waals surface area (Å²) in [5.41, 5.74) is 3.67. The molecule has 0 spiro atoms. The Morgan fingerprint density at radius 1 is 0.979 bits per heavy atom. The third-order valence-electron chi connectivity index (χ3n) is 8.73. The molecular weight excluding hydrogens is 634 g/mol. The Kier molecular flexibility index (Phi) is 10.3. The van der Waals surface area contributed by atoms with Gasteiger partial charge in [0.1, 0.15) is 29.5 Å². The highest BCUT2D eigenvalue weighted by Gasteiger charge is 2.21. The largest absolute Gasteiger partial charge is 0.493 e. The number of fused-ring (bicyclic) bond motifs is 5. The van der Waals surface area contributed by atoms with Crippen molar-refractivity contribution in [2.24, 2.45) is 0 Å². The molecule has 48 heavy (non-hydrogen) atoms. The van der Waals surface area contributed by atoms with Crippen molar-refractivity contribution < 1.29 is 23.6 Å². The first-order valence-corrected chi connectivity index (χ1v) is 16.6. The third-order valence-corrected chi connectivity index (χ3v) is 8.96. The van der Waals surface area contributed by atoms with Crippen molar-refractivity contribution in [3.8, 4) is 22.9 Å². The lowest BCUT2D eigenvalue weighted by atomic mass is 10.1. The molecule has 0 unspecified atom stereocenters. The minimum absolute atomic E-state index is 0.0237. The molecule has 0 fully saturated rings. The molecule has 1 aliphatic heterocycles. The molecule has 2 bridgehead atoms. The molecule has 4 aromatic heterocycles. The van der Waals surface area contributed by atoms with E-state index >= 15 is 0 Å². The van der Waals surface area contributed by atoms with Crippen LogP contribution in [0.1, 0.15) is 53.2 Å². The summed E-state index contributed by atoms with van der Waals surface area (Å²) in [6.45, 7) is 6.69. The van der Waals surface area contributed by atoms with Crippen LogP contribution in [0.3, 0.4) is 0 Å². The maximum atomic E-state index is 13.8. The van der Waals surface area contributed by atoms with Crippen molar-refractivity contribution in [1.29, 1.82) is 0 Å². The van der Waals surface area contributed by atoms with Gasteiger partial charge in [0.05, 0.1) is 24.4 Å². The molecule has 6 rings (SSSR count). The molecular formula is C35H40ClN7O5. The van der Waals surface area contributed by atoms with Crippen molar-refractivity contribution in [3.63, 3.8) is 0 Å². The topological polar surface area (TPSA) is 120 Å². The Balaban J connectivity index is 1.24. The van der Waals surface area contributed by atoms with Crippen molar-refractivity contribution in [2.75, 3.05) is 39.9 Å². The monoisotopic (exact) mass is 673 g/mol. The number of ether oxygens (including phenoxy) is 2. The van der Waals surface area contributed by atoms with Gasteiger partial charge in [0.25, 0.3) is 5.91 Å². The lowest BCUT2D eigenvalue weighted by Crippen LogP contribution is -2.37. The number of halogens is 1. The Morgan fingerprint density at radius 3 is 2.58 bits per heavy atom. The average Bonchev–Trinajstić information content (AvgIpc) is 3.81. The van der Waals surface area contributed by atoms with Crippen LogP contribution in [0, 0.1) is 13.8 Å². The fourth-order valence-corrected chi connectivity index (χ4v) is 6.30. The molecule has 0 atom stereocenters. The molecule has 0 saturated heterocycles. The number of carbonyl (C=O) groups is 2. The standard InChI is InChI=1S/C35H40ClN7O5/c1-24-28(25(2)48-39-24)9-12-33(44)40-14-4-5-15-42(35(45)29-23-43-22-27(36)8-11-32(43)38-29)17-6-16-41-18-13-37-34(41)26-7-10-30(46-3)31(21-26)47-20-19-40/h7-8,10-11,13,18,21-23H,4-6,9,12,14-17,19-20H2,1-3H3.